The molecule has 130 valence electrons. The van der Waals surface area contributed by atoms with E-state index in [9.17, 15) is 4.39 Å². The molecule has 4 rings (SSSR count). The van der Waals surface area contributed by atoms with E-state index in [2.05, 4.69) is 31.3 Å². The summed E-state index contributed by atoms with van der Waals surface area (Å²) < 4.78 is 22.9. The van der Waals surface area contributed by atoms with Crippen LogP contribution in [0.15, 0.2) is 28.8 Å². The largest absolute Gasteiger partial charge is 0.346 e. The third-order valence-corrected chi connectivity index (χ3v) is 5.17. The van der Waals surface area contributed by atoms with E-state index in [4.69, 9.17) is 4.52 Å². The number of hydrogen-bond acceptors (Lipinski definition) is 7. The van der Waals surface area contributed by atoms with E-state index in [1.54, 1.807) is 12.1 Å². The first-order chi connectivity index (χ1) is 12.2. The van der Waals surface area contributed by atoms with Crippen molar-refractivity contribution in [1.82, 2.24) is 19.5 Å². The number of anilines is 1. The van der Waals surface area contributed by atoms with Crippen LogP contribution in [0.2, 0.25) is 0 Å². The van der Waals surface area contributed by atoms with E-state index in [0.717, 1.165) is 48.9 Å². The predicted molar refractivity (Wildman–Crippen MR) is 93.2 cm³/mol. The maximum atomic E-state index is 13.1. The lowest BCUT2D eigenvalue weighted by Crippen LogP contribution is -2.34. The van der Waals surface area contributed by atoms with Crippen LogP contribution in [-0.2, 0) is 6.42 Å². The zero-order valence-corrected chi connectivity index (χ0v) is 14.7. The Morgan fingerprint density at radius 1 is 1.28 bits per heavy atom. The van der Waals surface area contributed by atoms with E-state index >= 15 is 0 Å². The maximum Gasteiger partial charge on any atom is 0.231 e. The zero-order chi connectivity index (χ0) is 17.2. The van der Waals surface area contributed by atoms with Gasteiger partial charge in [-0.3, -0.25) is 0 Å². The van der Waals surface area contributed by atoms with Crippen molar-refractivity contribution in [3.8, 4) is 11.4 Å². The van der Waals surface area contributed by atoms with Crippen LogP contribution in [0, 0.1) is 5.82 Å². The van der Waals surface area contributed by atoms with E-state index < -0.39 is 0 Å². The van der Waals surface area contributed by atoms with Crippen molar-refractivity contribution in [1.29, 1.82) is 0 Å². The molecule has 3 aromatic rings. The average molecular weight is 359 g/mol. The van der Waals surface area contributed by atoms with Crippen LogP contribution in [-0.4, -0.2) is 32.6 Å². The Morgan fingerprint density at radius 2 is 2.12 bits per heavy atom. The van der Waals surface area contributed by atoms with Gasteiger partial charge in [0.25, 0.3) is 0 Å². The quantitative estimate of drug-likeness (QED) is 0.708. The van der Waals surface area contributed by atoms with Crippen LogP contribution in [0.1, 0.15) is 37.4 Å². The topological polar surface area (TPSA) is 67.9 Å². The highest BCUT2D eigenvalue weighted by molar-refractivity contribution is 7.09. The summed E-state index contributed by atoms with van der Waals surface area (Å²) in [5, 5.41) is 5.01. The smallest absolute Gasteiger partial charge is 0.231 e. The van der Waals surface area contributed by atoms with Crippen LogP contribution in [0.4, 0.5) is 9.52 Å². The summed E-state index contributed by atoms with van der Waals surface area (Å²) in [5.74, 6) is 1.90. The minimum absolute atomic E-state index is 0.171. The van der Waals surface area contributed by atoms with Gasteiger partial charge in [0.15, 0.2) is 0 Å². The molecule has 25 heavy (non-hydrogen) atoms. The van der Waals surface area contributed by atoms with Gasteiger partial charge in [0.2, 0.25) is 16.8 Å². The molecule has 1 unspecified atom stereocenters. The van der Waals surface area contributed by atoms with Crippen molar-refractivity contribution in [2.75, 3.05) is 18.0 Å². The molecule has 0 spiro atoms. The minimum atomic E-state index is -0.279. The van der Waals surface area contributed by atoms with E-state index in [1.165, 1.54) is 23.7 Å². The standard InChI is InChI=1S/C17H18FN5OS/c1-2-14-19-17(25-22-14)23-9-3-4-12(10-23)16-20-15(21-24-16)11-5-7-13(18)8-6-11/h5-8,12H,2-4,9-10H2,1H3. The average Bonchev–Trinajstić information content (AvgIpc) is 3.32. The number of hydrogen-bond donors (Lipinski definition) is 0. The van der Waals surface area contributed by atoms with Crippen LogP contribution >= 0.6 is 11.5 Å². The molecule has 1 fully saturated rings. The van der Waals surface area contributed by atoms with Crippen LogP contribution < -0.4 is 4.90 Å². The first kappa shape index (κ1) is 16.1. The molecule has 3 heterocycles. The number of halogens is 1. The summed E-state index contributed by atoms with van der Waals surface area (Å²) in [6.07, 6.45) is 2.89. The highest BCUT2D eigenvalue weighted by atomic mass is 32.1. The van der Waals surface area contributed by atoms with Gasteiger partial charge in [-0.15, -0.1) is 0 Å². The van der Waals surface area contributed by atoms with Crippen molar-refractivity contribution in [2.24, 2.45) is 0 Å². The van der Waals surface area contributed by atoms with Crippen molar-refractivity contribution in [3.05, 3.63) is 41.8 Å². The van der Waals surface area contributed by atoms with Crippen LogP contribution in [0.5, 0.6) is 0 Å². The molecule has 0 radical (unpaired) electrons. The van der Waals surface area contributed by atoms with Crippen molar-refractivity contribution in [2.45, 2.75) is 32.1 Å². The fourth-order valence-electron chi connectivity index (χ4n) is 2.99. The molecule has 0 N–H and O–H groups in total. The van der Waals surface area contributed by atoms with Gasteiger partial charge in [-0.2, -0.15) is 9.36 Å². The van der Waals surface area contributed by atoms with E-state index in [0.29, 0.717) is 11.7 Å². The first-order valence-corrected chi connectivity index (χ1v) is 9.17. The SMILES string of the molecule is CCc1nsc(N2CCCC(c3nc(-c4ccc(F)cc4)no3)C2)n1. The number of aryl methyl sites for hydroxylation is 1. The van der Waals surface area contributed by atoms with Gasteiger partial charge in [0, 0.05) is 36.6 Å². The molecule has 6 nitrogen and oxygen atoms in total. The molecule has 2 aromatic heterocycles. The minimum Gasteiger partial charge on any atom is -0.346 e. The van der Waals surface area contributed by atoms with Crippen molar-refractivity contribution < 1.29 is 8.91 Å². The molecule has 0 amide bonds. The molecule has 1 saturated heterocycles. The summed E-state index contributed by atoms with van der Waals surface area (Å²) in [6, 6.07) is 6.11. The van der Waals surface area contributed by atoms with Gasteiger partial charge < -0.3 is 9.42 Å². The highest BCUT2D eigenvalue weighted by Crippen LogP contribution is 2.31. The zero-order valence-electron chi connectivity index (χ0n) is 13.9. The number of benzene rings is 1. The summed E-state index contributed by atoms with van der Waals surface area (Å²) >= 11 is 1.44. The lowest BCUT2D eigenvalue weighted by Gasteiger charge is -2.30. The molecule has 0 bridgehead atoms. The summed E-state index contributed by atoms with van der Waals surface area (Å²) in [7, 11) is 0. The molecule has 1 aliphatic heterocycles. The highest BCUT2D eigenvalue weighted by Gasteiger charge is 2.28. The molecular weight excluding hydrogens is 341 g/mol. The summed E-state index contributed by atoms with van der Waals surface area (Å²) in [5.41, 5.74) is 0.751. The molecule has 1 aromatic carbocycles. The lowest BCUT2D eigenvalue weighted by atomic mass is 9.98. The van der Waals surface area contributed by atoms with Gasteiger partial charge in [-0.05, 0) is 37.1 Å². The van der Waals surface area contributed by atoms with Gasteiger partial charge in [0.1, 0.15) is 11.6 Å². The normalized spacial score (nSPS) is 17.8. The Labute approximate surface area is 148 Å². The van der Waals surface area contributed by atoms with Crippen molar-refractivity contribution in [3.63, 3.8) is 0 Å². The molecule has 1 aliphatic rings. The predicted octanol–water partition coefficient (Wildman–Crippen LogP) is 3.67. The van der Waals surface area contributed by atoms with Crippen molar-refractivity contribution >= 4 is 16.7 Å². The Bertz CT molecular complexity index is 847. The fourth-order valence-corrected chi connectivity index (χ4v) is 3.77. The number of nitrogens with zero attached hydrogens (tertiary/aromatic N) is 5. The monoisotopic (exact) mass is 359 g/mol. The van der Waals surface area contributed by atoms with Crippen LogP contribution in [0.3, 0.4) is 0 Å². The molecular formula is C17H18FN5OS. The lowest BCUT2D eigenvalue weighted by molar-refractivity contribution is 0.333. The molecule has 0 saturated carbocycles. The van der Waals surface area contributed by atoms with Crippen LogP contribution in [0.25, 0.3) is 11.4 Å². The second-order valence-corrected chi connectivity index (χ2v) is 6.83. The molecule has 0 aliphatic carbocycles. The van der Waals surface area contributed by atoms with Gasteiger partial charge >= 0.3 is 0 Å². The molecule has 8 heteroatoms. The third kappa shape index (κ3) is 3.39. The molecule has 1 atom stereocenters. The Kier molecular flexibility index (Phi) is 4.44. The van der Waals surface area contributed by atoms with E-state index in [-0.39, 0.29) is 11.7 Å². The van der Waals surface area contributed by atoms with Gasteiger partial charge in [-0.1, -0.05) is 12.1 Å². The number of piperidine rings is 1. The maximum absolute atomic E-state index is 13.1. The fraction of sp³-hybridized carbons (Fsp3) is 0.412. The Hall–Kier alpha value is -2.35. The Balaban J connectivity index is 1.50. The third-order valence-electron chi connectivity index (χ3n) is 4.36. The Morgan fingerprint density at radius 3 is 2.88 bits per heavy atom. The first-order valence-electron chi connectivity index (χ1n) is 8.40. The van der Waals surface area contributed by atoms with Gasteiger partial charge in [0.05, 0.1) is 5.92 Å². The second-order valence-electron chi connectivity index (χ2n) is 6.10. The number of rotatable bonds is 4. The van der Waals surface area contributed by atoms with E-state index in [1.807, 2.05) is 0 Å². The number of aromatic nitrogens is 4. The van der Waals surface area contributed by atoms with Gasteiger partial charge in [-0.25, -0.2) is 9.37 Å². The summed E-state index contributed by atoms with van der Waals surface area (Å²) in [6.45, 7) is 3.82. The summed E-state index contributed by atoms with van der Waals surface area (Å²) in [4.78, 5) is 11.3. The second kappa shape index (κ2) is 6.87.